The highest BCUT2D eigenvalue weighted by atomic mass is 32.1. The van der Waals surface area contributed by atoms with Crippen LogP contribution >= 0.6 is 11.3 Å². The Bertz CT molecular complexity index is 672. The molecule has 2 aromatic rings. The lowest BCUT2D eigenvalue weighted by Crippen LogP contribution is -2.11. The summed E-state index contributed by atoms with van der Waals surface area (Å²) < 4.78 is 5.24. The summed E-state index contributed by atoms with van der Waals surface area (Å²) in [6, 6.07) is 10.3. The third kappa shape index (κ3) is 4.30. The molecule has 0 spiro atoms. The molecule has 4 nitrogen and oxygen atoms in total. The summed E-state index contributed by atoms with van der Waals surface area (Å²) in [7, 11) is 0. The van der Waals surface area contributed by atoms with Crippen LogP contribution in [0.25, 0.3) is 0 Å². The molecule has 0 atom stereocenters. The molecule has 1 heterocycles. The van der Waals surface area contributed by atoms with Crippen molar-refractivity contribution in [2.24, 2.45) is 0 Å². The molecule has 1 aromatic heterocycles. The summed E-state index contributed by atoms with van der Waals surface area (Å²) >= 11 is 1.38. The van der Waals surface area contributed by atoms with Crippen molar-refractivity contribution in [2.75, 3.05) is 5.32 Å². The van der Waals surface area contributed by atoms with Gasteiger partial charge < -0.3 is 10.1 Å². The summed E-state index contributed by atoms with van der Waals surface area (Å²) in [6.45, 7) is 3.68. The van der Waals surface area contributed by atoms with Crippen LogP contribution < -0.4 is 10.1 Å². The van der Waals surface area contributed by atoms with Gasteiger partial charge in [0.25, 0.3) is 5.91 Å². The van der Waals surface area contributed by atoms with E-state index in [2.05, 4.69) is 5.32 Å². The summed E-state index contributed by atoms with van der Waals surface area (Å²) in [4.78, 5) is 24.3. The van der Waals surface area contributed by atoms with E-state index in [0.29, 0.717) is 21.9 Å². The van der Waals surface area contributed by atoms with E-state index in [9.17, 15) is 9.59 Å². The highest BCUT2D eigenvalue weighted by Gasteiger charge is 2.09. The molecule has 0 aliphatic carbocycles. The van der Waals surface area contributed by atoms with Crippen LogP contribution in [-0.2, 0) is 4.79 Å². The number of benzene rings is 1. The molecular formula is C17H17NO3S. The SMILES string of the molecule is CC/C=C(/C)C(=O)Oc1ccc(NC(=O)c2cccs2)cc1. The van der Waals surface area contributed by atoms with Gasteiger partial charge >= 0.3 is 5.97 Å². The lowest BCUT2D eigenvalue weighted by Gasteiger charge is -2.07. The van der Waals surface area contributed by atoms with Crippen molar-refractivity contribution in [1.82, 2.24) is 0 Å². The Balaban J connectivity index is 1.97. The number of carbonyl (C=O) groups excluding carboxylic acids is 2. The van der Waals surface area contributed by atoms with Crippen LogP contribution in [0, 0.1) is 0 Å². The van der Waals surface area contributed by atoms with Crippen LogP contribution in [-0.4, -0.2) is 11.9 Å². The summed E-state index contributed by atoms with van der Waals surface area (Å²) in [5.74, 6) is -0.0679. The maximum Gasteiger partial charge on any atom is 0.338 e. The minimum Gasteiger partial charge on any atom is -0.423 e. The van der Waals surface area contributed by atoms with Crippen molar-refractivity contribution in [3.63, 3.8) is 0 Å². The van der Waals surface area contributed by atoms with Crippen molar-refractivity contribution < 1.29 is 14.3 Å². The number of hydrogen-bond donors (Lipinski definition) is 1. The number of ether oxygens (including phenoxy) is 1. The van der Waals surface area contributed by atoms with E-state index < -0.39 is 0 Å². The molecule has 1 N–H and O–H groups in total. The van der Waals surface area contributed by atoms with Gasteiger partial charge in [0.15, 0.2) is 0 Å². The zero-order valence-corrected chi connectivity index (χ0v) is 13.3. The standard InChI is InChI=1S/C17H17NO3S/c1-3-5-12(2)17(20)21-14-9-7-13(8-10-14)18-16(19)15-6-4-11-22-15/h4-11H,3H2,1-2H3,(H,18,19)/b12-5-. The highest BCUT2D eigenvalue weighted by Crippen LogP contribution is 2.18. The fourth-order valence-corrected chi connectivity index (χ4v) is 2.40. The maximum atomic E-state index is 11.9. The lowest BCUT2D eigenvalue weighted by molar-refractivity contribution is -0.130. The number of allylic oxidation sites excluding steroid dienone is 1. The number of esters is 1. The van der Waals surface area contributed by atoms with E-state index in [1.165, 1.54) is 11.3 Å². The Hall–Kier alpha value is -2.40. The zero-order valence-electron chi connectivity index (χ0n) is 12.5. The largest absolute Gasteiger partial charge is 0.423 e. The van der Waals surface area contributed by atoms with Gasteiger partial charge in [-0.3, -0.25) is 4.79 Å². The number of anilines is 1. The molecule has 0 bridgehead atoms. The predicted molar refractivity (Wildman–Crippen MR) is 88.4 cm³/mol. The molecule has 114 valence electrons. The van der Waals surface area contributed by atoms with Crippen LogP contribution in [0.3, 0.4) is 0 Å². The average Bonchev–Trinajstić information content (AvgIpc) is 3.04. The summed E-state index contributed by atoms with van der Waals surface area (Å²) in [6.07, 6.45) is 2.60. The Morgan fingerprint density at radius 2 is 1.95 bits per heavy atom. The summed E-state index contributed by atoms with van der Waals surface area (Å²) in [5.41, 5.74) is 1.23. The van der Waals surface area contributed by atoms with Gasteiger partial charge in [0.2, 0.25) is 0 Å². The third-order valence-electron chi connectivity index (χ3n) is 2.90. The molecule has 5 heteroatoms. The van der Waals surface area contributed by atoms with Crippen molar-refractivity contribution in [2.45, 2.75) is 20.3 Å². The minimum absolute atomic E-state index is 0.151. The molecule has 1 aromatic carbocycles. The van der Waals surface area contributed by atoms with Gasteiger partial charge in [-0.15, -0.1) is 11.3 Å². The van der Waals surface area contributed by atoms with Crippen LogP contribution in [0.15, 0.2) is 53.4 Å². The van der Waals surface area contributed by atoms with Gasteiger partial charge in [0.05, 0.1) is 4.88 Å². The first-order valence-electron chi connectivity index (χ1n) is 6.94. The minimum atomic E-state index is -0.364. The number of hydrogen-bond acceptors (Lipinski definition) is 4. The first-order valence-corrected chi connectivity index (χ1v) is 7.82. The number of amides is 1. The number of thiophene rings is 1. The second-order valence-corrected chi connectivity index (χ2v) is 5.59. The molecule has 0 radical (unpaired) electrons. The second kappa shape index (κ2) is 7.56. The fraction of sp³-hybridized carbons (Fsp3) is 0.176. The van der Waals surface area contributed by atoms with Gasteiger partial charge in [-0.2, -0.15) is 0 Å². The Labute approximate surface area is 133 Å². The van der Waals surface area contributed by atoms with Gasteiger partial charge in [0.1, 0.15) is 5.75 Å². The van der Waals surface area contributed by atoms with Crippen LogP contribution in [0.4, 0.5) is 5.69 Å². The molecule has 2 rings (SSSR count). The molecule has 0 fully saturated rings. The molecule has 0 saturated heterocycles. The van der Waals surface area contributed by atoms with E-state index in [1.807, 2.05) is 24.4 Å². The van der Waals surface area contributed by atoms with Crippen LogP contribution in [0.5, 0.6) is 5.75 Å². The molecule has 1 amide bonds. The first kappa shape index (κ1) is 16.0. The van der Waals surface area contributed by atoms with E-state index in [4.69, 9.17) is 4.74 Å². The lowest BCUT2D eigenvalue weighted by atomic mass is 10.2. The predicted octanol–water partition coefficient (Wildman–Crippen LogP) is 4.26. The normalized spacial score (nSPS) is 11.1. The van der Waals surface area contributed by atoms with Gasteiger partial charge in [-0.25, -0.2) is 4.79 Å². The molecular weight excluding hydrogens is 298 g/mol. The fourth-order valence-electron chi connectivity index (χ4n) is 1.78. The van der Waals surface area contributed by atoms with Gasteiger partial charge in [-0.1, -0.05) is 19.1 Å². The first-order chi connectivity index (χ1) is 10.6. The highest BCUT2D eigenvalue weighted by molar-refractivity contribution is 7.12. The van der Waals surface area contributed by atoms with Crippen molar-refractivity contribution in [1.29, 1.82) is 0 Å². The topological polar surface area (TPSA) is 55.4 Å². The molecule has 0 saturated carbocycles. The van der Waals surface area contributed by atoms with Gasteiger partial charge in [0, 0.05) is 11.3 Å². The molecule has 0 unspecified atom stereocenters. The Morgan fingerprint density at radius 1 is 1.23 bits per heavy atom. The molecule has 0 aliphatic rings. The Kier molecular flexibility index (Phi) is 5.49. The van der Waals surface area contributed by atoms with E-state index in [1.54, 1.807) is 37.3 Å². The average molecular weight is 315 g/mol. The summed E-state index contributed by atoms with van der Waals surface area (Å²) in [5, 5.41) is 4.64. The number of nitrogens with one attached hydrogen (secondary N) is 1. The number of carbonyl (C=O) groups is 2. The maximum absolute atomic E-state index is 11.9. The van der Waals surface area contributed by atoms with Crippen molar-refractivity contribution in [3.8, 4) is 5.75 Å². The Morgan fingerprint density at radius 3 is 2.55 bits per heavy atom. The van der Waals surface area contributed by atoms with Crippen LogP contribution in [0.2, 0.25) is 0 Å². The van der Waals surface area contributed by atoms with Crippen molar-refractivity contribution >= 4 is 28.9 Å². The van der Waals surface area contributed by atoms with E-state index in [-0.39, 0.29) is 11.9 Å². The smallest absolute Gasteiger partial charge is 0.338 e. The van der Waals surface area contributed by atoms with Crippen molar-refractivity contribution in [3.05, 3.63) is 58.3 Å². The van der Waals surface area contributed by atoms with E-state index >= 15 is 0 Å². The number of rotatable bonds is 5. The molecule has 22 heavy (non-hydrogen) atoms. The monoisotopic (exact) mass is 315 g/mol. The third-order valence-corrected chi connectivity index (χ3v) is 3.77. The molecule has 0 aliphatic heterocycles. The van der Waals surface area contributed by atoms with Crippen LogP contribution in [0.1, 0.15) is 29.9 Å². The quantitative estimate of drug-likeness (QED) is 0.509. The zero-order chi connectivity index (χ0) is 15.9. The van der Waals surface area contributed by atoms with Gasteiger partial charge in [-0.05, 0) is 49.1 Å². The van der Waals surface area contributed by atoms with E-state index in [0.717, 1.165) is 6.42 Å². The second-order valence-electron chi connectivity index (χ2n) is 4.64.